The molecule has 1 aliphatic heterocycles. The summed E-state index contributed by atoms with van der Waals surface area (Å²) in [7, 11) is -0.825. The molecule has 0 bridgehead atoms. The van der Waals surface area contributed by atoms with Gasteiger partial charge in [-0.15, -0.1) is 0 Å². The zero-order valence-corrected chi connectivity index (χ0v) is 13.3. The van der Waals surface area contributed by atoms with Gasteiger partial charge in [-0.25, -0.2) is 0 Å². The topological polar surface area (TPSA) is 66.1 Å². The lowest BCUT2D eigenvalue weighted by Crippen LogP contribution is -2.35. The lowest BCUT2D eigenvalue weighted by Gasteiger charge is -2.21. The second-order valence-electron chi connectivity index (χ2n) is 5.70. The standard InChI is InChI=1S/C16H19N3O2S/c1-12-10-19(7-8-22(21)11-12)16(20)15-9-14(17-18-15)13-5-3-2-4-6-13/h2-6,9,12H,7-8,10-11H2,1H3,(H,17,18). The van der Waals surface area contributed by atoms with E-state index < -0.39 is 10.8 Å². The maximum Gasteiger partial charge on any atom is 0.271 e. The Balaban J connectivity index is 1.78. The van der Waals surface area contributed by atoms with E-state index in [0.717, 1.165) is 11.3 Å². The van der Waals surface area contributed by atoms with Gasteiger partial charge < -0.3 is 4.90 Å². The highest BCUT2D eigenvalue weighted by Crippen LogP contribution is 2.18. The third kappa shape index (κ3) is 3.27. The van der Waals surface area contributed by atoms with Crippen LogP contribution in [0.15, 0.2) is 36.4 Å². The highest BCUT2D eigenvalue weighted by atomic mass is 32.2. The van der Waals surface area contributed by atoms with Crippen LogP contribution < -0.4 is 0 Å². The van der Waals surface area contributed by atoms with Crippen LogP contribution in [-0.2, 0) is 10.8 Å². The lowest BCUT2D eigenvalue weighted by molar-refractivity contribution is 0.0745. The Kier molecular flexibility index (Phi) is 4.38. The number of aromatic nitrogens is 2. The van der Waals surface area contributed by atoms with Crippen LogP contribution in [0.4, 0.5) is 0 Å². The summed E-state index contributed by atoms with van der Waals surface area (Å²) < 4.78 is 11.7. The molecule has 1 aromatic heterocycles. The minimum atomic E-state index is -0.825. The molecule has 116 valence electrons. The smallest absolute Gasteiger partial charge is 0.271 e. The zero-order valence-electron chi connectivity index (χ0n) is 12.5. The van der Waals surface area contributed by atoms with Crippen molar-refractivity contribution in [3.05, 3.63) is 42.1 Å². The van der Waals surface area contributed by atoms with Gasteiger partial charge in [-0.3, -0.25) is 14.1 Å². The van der Waals surface area contributed by atoms with E-state index in [-0.39, 0.29) is 11.8 Å². The van der Waals surface area contributed by atoms with Gasteiger partial charge in [-0.1, -0.05) is 37.3 Å². The fourth-order valence-corrected chi connectivity index (χ4v) is 4.01. The number of H-pyrrole nitrogens is 1. The first kappa shape index (κ1) is 15.0. The monoisotopic (exact) mass is 317 g/mol. The number of hydrogen-bond donors (Lipinski definition) is 1. The summed E-state index contributed by atoms with van der Waals surface area (Å²) in [6.07, 6.45) is 0. The van der Waals surface area contributed by atoms with E-state index in [1.54, 1.807) is 11.0 Å². The average Bonchev–Trinajstić information content (AvgIpc) is 2.94. The number of hydrogen-bond acceptors (Lipinski definition) is 3. The van der Waals surface area contributed by atoms with Crippen LogP contribution >= 0.6 is 0 Å². The lowest BCUT2D eigenvalue weighted by atomic mass is 10.1. The van der Waals surface area contributed by atoms with E-state index in [1.807, 2.05) is 37.3 Å². The fraction of sp³-hybridized carbons (Fsp3) is 0.375. The molecule has 1 aromatic carbocycles. The molecule has 2 unspecified atom stereocenters. The first-order valence-electron chi connectivity index (χ1n) is 7.38. The van der Waals surface area contributed by atoms with Crippen LogP contribution in [-0.4, -0.2) is 49.8 Å². The molecule has 1 fully saturated rings. The van der Waals surface area contributed by atoms with Crippen molar-refractivity contribution in [2.24, 2.45) is 5.92 Å². The summed E-state index contributed by atoms with van der Waals surface area (Å²) in [4.78, 5) is 14.4. The third-order valence-corrected chi connectivity index (χ3v) is 5.34. The summed E-state index contributed by atoms with van der Waals surface area (Å²) in [5, 5.41) is 7.06. The molecule has 0 aliphatic carbocycles. The van der Waals surface area contributed by atoms with Crippen LogP contribution in [0.5, 0.6) is 0 Å². The number of benzene rings is 1. The minimum Gasteiger partial charge on any atom is -0.336 e. The van der Waals surface area contributed by atoms with Crippen LogP contribution in [0.1, 0.15) is 17.4 Å². The van der Waals surface area contributed by atoms with E-state index in [1.165, 1.54) is 0 Å². The van der Waals surface area contributed by atoms with E-state index in [4.69, 9.17) is 0 Å². The Hall–Kier alpha value is -1.95. The number of aromatic amines is 1. The van der Waals surface area contributed by atoms with Crippen molar-refractivity contribution >= 4 is 16.7 Å². The SMILES string of the molecule is CC1CN(C(=O)c2cc(-c3ccccc3)n[nH]2)CCS(=O)C1. The van der Waals surface area contributed by atoms with Gasteiger partial charge in [0.05, 0.1) is 5.69 Å². The Labute approximate surface area is 132 Å². The van der Waals surface area contributed by atoms with E-state index in [9.17, 15) is 9.00 Å². The van der Waals surface area contributed by atoms with Crippen LogP contribution in [0.2, 0.25) is 0 Å². The predicted molar refractivity (Wildman–Crippen MR) is 87.0 cm³/mol. The molecule has 1 aliphatic rings. The zero-order chi connectivity index (χ0) is 15.5. The number of carbonyl (C=O) groups is 1. The maximum absolute atomic E-state index is 12.6. The number of nitrogens with one attached hydrogen (secondary N) is 1. The number of nitrogens with zero attached hydrogens (tertiary/aromatic N) is 2. The van der Waals surface area contributed by atoms with Gasteiger partial charge in [0.2, 0.25) is 0 Å². The highest BCUT2D eigenvalue weighted by molar-refractivity contribution is 7.85. The first-order valence-corrected chi connectivity index (χ1v) is 8.87. The van der Waals surface area contributed by atoms with E-state index in [0.29, 0.717) is 30.3 Å². The molecular formula is C16H19N3O2S. The molecule has 1 amide bonds. The fourth-order valence-electron chi connectivity index (χ4n) is 2.68. The summed E-state index contributed by atoms with van der Waals surface area (Å²) in [5.74, 6) is 1.40. The van der Waals surface area contributed by atoms with Gasteiger partial charge in [0.15, 0.2) is 0 Å². The summed E-state index contributed by atoms with van der Waals surface area (Å²) in [5.41, 5.74) is 2.22. The molecule has 0 radical (unpaired) electrons. The van der Waals surface area contributed by atoms with Crippen molar-refractivity contribution in [1.29, 1.82) is 0 Å². The molecule has 0 saturated carbocycles. The average molecular weight is 317 g/mol. The molecule has 5 nitrogen and oxygen atoms in total. The van der Waals surface area contributed by atoms with E-state index in [2.05, 4.69) is 10.2 Å². The number of amides is 1. The molecule has 1 N–H and O–H groups in total. The first-order chi connectivity index (χ1) is 10.6. The molecule has 2 heterocycles. The van der Waals surface area contributed by atoms with E-state index >= 15 is 0 Å². The normalized spacial score (nSPS) is 22.3. The maximum atomic E-state index is 12.6. The van der Waals surface area contributed by atoms with Gasteiger partial charge in [-0.2, -0.15) is 5.10 Å². The van der Waals surface area contributed by atoms with Gasteiger partial charge in [0.25, 0.3) is 5.91 Å². The van der Waals surface area contributed by atoms with Crippen LogP contribution in [0.25, 0.3) is 11.3 Å². The van der Waals surface area contributed by atoms with Gasteiger partial charge in [0.1, 0.15) is 5.69 Å². The van der Waals surface area contributed by atoms with Gasteiger partial charge >= 0.3 is 0 Å². The second kappa shape index (κ2) is 6.44. The number of carbonyl (C=O) groups excluding carboxylic acids is 1. The molecule has 1 saturated heterocycles. The molecular weight excluding hydrogens is 298 g/mol. The Morgan fingerprint density at radius 2 is 2.14 bits per heavy atom. The molecule has 3 rings (SSSR count). The molecule has 2 atom stereocenters. The molecule has 0 spiro atoms. The Morgan fingerprint density at radius 1 is 1.36 bits per heavy atom. The summed E-state index contributed by atoms with van der Waals surface area (Å²) in [6.45, 7) is 3.21. The summed E-state index contributed by atoms with van der Waals surface area (Å²) in [6, 6.07) is 11.5. The largest absolute Gasteiger partial charge is 0.336 e. The Bertz CT molecular complexity index is 684. The molecule has 22 heavy (non-hydrogen) atoms. The highest BCUT2D eigenvalue weighted by Gasteiger charge is 2.24. The van der Waals surface area contributed by atoms with Crippen molar-refractivity contribution in [1.82, 2.24) is 15.1 Å². The van der Waals surface area contributed by atoms with Crippen molar-refractivity contribution < 1.29 is 9.00 Å². The molecule has 2 aromatic rings. The Morgan fingerprint density at radius 3 is 2.91 bits per heavy atom. The van der Waals surface area contributed by atoms with Crippen molar-refractivity contribution in [2.75, 3.05) is 24.6 Å². The molecule has 6 heteroatoms. The van der Waals surface area contributed by atoms with Crippen molar-refractivity contribution in [3.8, 4) is 11.3 Å². The van der Waals surface area contributed by atoms with Crippen molar-refractivity contribution in [3.63, 3.8) is 0 Å². The third-order valence-electron chi connectivity index (χ3n) is 3.76. The summed E-state index contributed by atoms with van der Waals surface area (Å²) >= 11 is 0. The van der Waals surface area contributed by atoms with Crippen molar-refractivity contribution in [2.45, 2.75) is 6.92 Å². The minimum absolute atomic E-state index is 0.0690. The van der Waals surface area contributed by atoms with Crippen LogP contribution in [0, 0.1) is 5.92 Å². The second-order valence-corrected chi connectivity index (χ2v) is 7.32. The predicted octanol–water partition coefficient (Wildman–Crippen LogP) is 1.92. The van der Waals surface area contributed by atoms with Gasteiger partial charge in [0, 0.05) is 41.0 Å². The quantitative estimate of drug-likeness (QED) is 0.920. The van der Waals surface area contributed by atoms with Crippen LogP contribution in [0.3, 0.4) is 0 Å². The number of rotatable bonds is 2. The van der Waals surface area contributed by atoms with Gasteiger partial charge in [-0.05, 0) is 12.0 Å².